The summed E-state index contributed by atoms with van der Waals surface area (Å²) >= 11 is 0. The van der Waals surface area contributed by atoms with Gasteiger partial charge < -0.3 is 4.52 Å². The second kappa shape index (κ2) is 10.0. The molecule has 0 aliphatic heterocycles. The van der Waals surface area contributed by atoms with Gasteiger partial charge >= 0.3 is 29.9 Å². The van der Waals surface area contributed by atoms with E-state index in [-0.39, 0.29) is 29.5 Å². The zero-order valence-electron chi connectivity index (χ0n) is 19.4. The van der Waals surface area contributed by atoms with E-state index in [4.69, 9.17) is 4.52 Å². The molecule has 2 aromatic rings. The van der Waals surface area contributed by atoms with Gasteiger partial charge in [0.2, 0.25) is 0 Å². The molecular weight excluding hydrogens is 529 g/mol. The maximum Gasteiger partial charge on any atom is 0.460 e. The van der Waals surface area contributed by atoms with E-state index in [9.17, 15) is 48.3 Å². The lowest BCUT2D eigenvalue weighted by atomic mass is 9.79. The van der Waals surface area contributed by atoms with E-state index in [1.807, 2.05) is 0 Å². The van der Waals surface area contributed by atoms with Gasteiger partial charge in [-0.15, -0.1) is 0 Å². The molecule has 0 amide bonds. The average Bonchev–Trinajstić information content (AvgIpc) is 3.32. The second-order valence-electron chi connectivity index (χ2n) is 9.19. The number of hydrogen-bond acceptors (Lipinski definition) is 3. The molecule has 0 N–H and O–H groups in total. The molecule has 1 saturated carbocycles. The molecule has 0 bridgehead atoms. The van der Waals surface area contributed by atoms with Crippen LogP contribution in [0, 0.1) is 5.92 Å². The summed E-state index contributed by atoms with van der Waals surface area (Å²) in [6, 6.07) is 1.79. The Morgan fingerprint density at radius 2 is 1.35 bits per heavy atom. The highest BCUT2D eigenvalue weighted by molar-refractivity contribution is 5.54. The number of nitrogens with zero attached hydrogens (tertiary/aromatic N) is 2. The normalized spacial score (nSPS) is 20.3. The summed E-state index contributed by atoms with van der Waals surface area (Å²) in [5.74, 6) is -27.4. The van der Waals surface area contributed by atoms with Crippen LogP contribution in [0.2, 0.25) is 0 Å². The molecule has 37 heavy (non-hydrogen) atoms. The minimum atomic E-state index is -7.46. The van der Waals surface area contributed by atoms with Crippen molar-refractivity contribution in [2.75, 3.05) is 0 Å². The van der Waals surface area contributed by atoms with Crippen molar-refractivity contribution < 1.29 is 52.8 Å². The number of aromatic nitrogens is 2. The first-order chi connectivity index (χ1) is 17.0. The maximum absolute atomic E-state index is 14.3. The first-order valence-electron chi connectivity index (χ1n) is 11.5. The number of rotatable bonds is 9. The standard InChI is InChI=1S/C23H23F11N2O/c1-2-3-4-13-5-7-14(8-6-13)17-35-18(37-36-17)15-9-11-16(12-10-15)19(24,25)20(26,27)21(28,29)22(30,31)23(32,33)34/h9-14H,2-8H2,1H3. The van der Waals surface area contributed by atoms with Crippen LogP contribution in [0.15, 0.2) is 28.8 Å². The first-order valence-corrected chi connectivity index (χ1v) is 11.5. The Balaban J connectivity index is 1.77. The van der Waals surface area contributed by atoms with Crippen molar-refractivity contribution in [2.45, 2.75) is 87.7 Å². The molecule has 0 unspecified atom stereocenters. The van der Waals surface area contributed by atoms with Crippen LogP contribution in [0.4, 0.5) is 48.3 Å². The third-order valence-corrected chi connectivity index (χ3v) is 6.65. The van der Waals surface area contributed by atoms with Gasteiger partial charge in [-0.25, -0.2) is 0 Å². The Labute approximate surface area is 204 Å². The topological polar surface area (TPSA) is 38.9 Å². The van der Waals surface area contributed by atoms with Crippen LogP contribution in [-0.4, -0.2) is 34.1 Å². The fourth-order valence-corrected chi connectivity index (χ4v) is 4.30. The lowest BCUT2D eigenvalue weighted by Crippen LogP contribution is -2.65. The molecule has 0 spiro atoms. The van der Waals surface area contributed by atoms with Gasteiger partial charge in [0, 0.05) is 17.0 Å². The minimum absolute atomic E-state index is 0.0183. The van der Waals surface area contributed by atoms with Gasteiger partial charge in [0.05, 0.1) is 0 Å². The molecule has 0 radical (unpaired) electrons. The average molecular weight is 552 g/mol. The summed E-state index contributed by atoms with van der Waals surface area (Å²) in [6.07, 6.45) is -0.339. The van der Waals surface area contributed by atoms with Gasteiger partial charge in [-0.3, -0.25) is 0 Å². The SMILES string of the molecule is CCCCC1CCC(c2noc(-c3ccc(C(F)(F)C(F)(F)C(F)(F)C(F)(F)C(F)(F)F)cc3)n2)CC1. The lowest BCUT2D eigenvalue weighted by molar-refractivity contribution is -0.424. The zero-order valence-corrected chi connectivity index (χ0v) is 19.4. The largest absolute Gasteiger partial charge is 0.460 e. The molecule has 1 heterocycles. The number of alkyl halides is 11. The van der Waals surface area contributed by atoms with Gasteiger partial charge in [0.1, 0.15) is 0 Å². The number of benzene rings is 1. The molecule has 1 aliphatic carbocycles. The van der Waals surface area contributed by atoms with Crippen LogP contribution in [-0.2, 0) is 5.92 Å². The highest BCUT2D eigenvalue weighted by Gasteiger charge is 2.87. The Bertz CT molecular complexity index is 1040. The highest BCUT2D eigenvalue weighted by Crippen LogP contribution is 2.59. The lowest BCUT2D eigenvalue weighted by Gasteiger charge is -2.37. The highest BCUT2D eigenvalue weighted by atomic mass is 19.4. The molecule has 208 valence electrons. The van der Waals surface area contributed by atoms with E-state index < -0.39 is 35.4 Å². The van der Waals surface area contributed by atoms with E-state index in [0.29, 0.717) is 23.9 Å². The molecule has 3 rings (SSSR count). The summed E-state index contributed by atoms with van der Waals surface area (Å²) in [7, 11) is 0. The molecule has 0 saturated heterocycles. The van der Waals surface area contributed by atoms with Crippen LogP contribution in [0.5, 0.6) is 0 Å². The number of halogens is 11. The molecular formula is C23H23F11N2O. The number of hydrogen-bond donors (Lipinski definition) is 0. The second-order valence-corrected chi connectivity index (χ2v) is 9.19. The Hall–Kier alpha value is -2.41. The molecule has 0 atom stereocenters. The molecule has 1 fully saturated rings. The van der Waals surface area contributed by atoms with Crippen LogP contribution in [0.3, 0.4) is 0 Å². The van der Waals surface area contributed by atoms with Gasteiger partial charge in [-0.1, -0.05) is 43.5 Å². The van der Waals surface area contributed by atoms with Crippen molar-refractivity contribution in [2.24, 2.45) is 5.92 Å². The van der Waals surface area contributed by atoms with E-state index >= 15 is 0 Å². The number of unbranched alkanes of at least 4 members (excludes halogenated alkanes) is 1. The Morgan fingerprint density at radius 1 is 0.784 bits per heavy atom. The van der Waals surface area contributed by atoms with Crippen LogP contribution < -0.4 is 0 Å². The molecule has 3 nitrogen and oxygen atoms in total. The van der Waals surface area contributed by atoms with Crippen LogP contribution in [0.25, 0.3) is 11.5 Å². The maximum atomic E-state index is 14.3. The monoisotopic (exact) mass is 552 g/mol. The third-order valence-electron chi connectivity index (χ3n) is 6.65. The van der Waals surface area contributed by atoms with Gasteiger partial charge in [0.25, 0.3) is 5.89 Å². The molecule has 1 aromatic carbocycles. The van der Waals surface area contributed by atoms with Gasteiger partial charge in [-0.05, 0) is 43.7 Å². The third kappa shape index (κ3) is 5.16. The van der Waals surface area contributed by atoms with Crippen LogP contribution >= 0.6 is 0 Å². The van der Waals surface area contributed by atoms with Crippen molar-refractivity contribution in [3.63, 3.8) is 0 Å². The van der Waals surface area contributed by atoms with Crippen molar-refractivity contribution in [3.8, 4) is 11.5 Å². The van der Waals surface area contributed by atoms with E-state index in [1.165, 1.54) is 0 Å². The summed E-state index contributed by atoms with van der Waals surface area (Å²) in [5.41, 5.74) is -1.99. The summed E-state index contributed by atoms with van der Waals surface area (Å²) in [4.78, 5) is 4.17. The van der Waals surface area contributed by atoms with E-state index in [2.05, 4.69) is 17.1 Å². The predicted molar refractivity (Wildman–Crippen MR) is 109 cm³/mol. The van der Waals surface area contributed by atoms with Gasteiger partial charge in [-0.2, -0.15) is 53.3 Å². The summed E-state index contributed by atoms with van der Waals surface area (Å²) in [6.45, 7) is 2.10. The van der Waals surface area contributed by atoms with E-state index in [0.717, 1.165) is 44.9 Å². The Morgan fingerprint density at radius 3 is 1.86 bits per heavy atom. The molecule has 1 aliphatic rings. The first kappa shape index (κ1) is 29.2. The van der Waals surface area contributed by atoms with Crippen molar-refractivity contribution in [3.05, 3.63) is 35.7 Å². The Kier molecular flexibility index (Phi) is 7.92. The molecule has 14 heteroatoms. The zero-order chi connectivity index (χ0) is 27.9. The van der Waals surface area contributed by atoms with Crippen molar-refractivity contribution >= 4 is 0 Å². The minimum Gasteiger partial charge on any atom is -0.334 e. The fourth-order valence-electron chi connectivity index (χ4n) is 4.30. The van der Waals surface area contributed by atoms with E-state index in [1.54, 1.807) is 0 Å². The summed E-state index contributed by atoms with van der Waals surface area (Å²) < 4.78 is 151. The predicted octanol–water partition coefficient (Wildman–Crippen LogP) is 8.76. The van der Waals surface area contributed by atoms with Crippen LogP contribution in [0.1, 0.15) is 69.2 Å². The van der Waals surface area contributed by atoms with Gasteiger partial charge in [0.15, 0.2) is 5.82 Å². The summed E-state index contributed by atoms with van der Waals surface area (Å²) in [5, 5.41) is 3.85. The van der Waals surface area contributed by atoms with Crippen molar-refractivity contribution in [1.29, 1.82) is 0 Å². The fraction of sp³-hybridized carbons (Fsp3) is 0.652. The smallest absolute Gasteiger partial charge is 0.334 e. The van der Waals surface area contributed by atoms with Crippen molar-refractivity contribution in [1.82, 2.24) is 10.1 Å². The quantitative estimate of drug-likeness (QED) is 0.292. The molecule has 1 aromatic heterocycles.